The lowest BCUT2D eigenvalue weighted by Gasteiger charge is -2.43. The highest BCUT2D eigenvalue weighted by molar-refractivity contribution is 4.94. The second-order valence-electron chi connectivity index (χ2n) is 7.93. The molecule has 1 saturated carbocycles. The van der Waals surface area contributed by atoms with Gasteiger partial charge in [-0.15, -0.1) is 0 Å². The van der Waals surface area contributed by atoms with Crippen LogP contribution in [-0.2, 0) is 0 Å². The Labute approximate surface area is 107 Å². The summed E-state index contributed by atoms with van der Waals surface area (Å²) in [6, 6.07) is 1.50. The summed E-state index contributed by atoms with van der Waals surface area (Å²) in [6.45, 7) is 15.6. The van der Waals surface area contributed by atoms with Gasteiger partial charge in [-0.1, -0.05) is 34.6 Å². The van der Waals surface area contributed by atoms with Crippen molar-refractivity contribution in [2.75, 3.05) is 19.6 Å². The highest BCUT2D eigenvalue weighted by atomic mass is 15.2. The highest BCUT2D eigenvalue weighted by Crippen LogP contribution is 2.40. The fraction of sp³-hybridized carbons (Fsp3) is 1.00. The van der Waals surface area contributed by atoms with Crippen molar-refractivity contribution in [3.05, 3.63) is 0 Å². The second-order valence-corrected chi connectivity index (χ2v) is 7.93. The third kappa shape index (κ3) is 3.23. The summed E-state index contributed by atoms with van der Waals surface area (Å²) in [5.74, 6) is 0. The van der Waals surface area contributed by atoms with Gasteiger partial charge in [0.25, 0.3) is 0 Å². The third-order valence-electron chi connectivity index (χ3n) is 4.71. The number of nitrogens with zero attached hydrogens (tertiary/aromatic N) is 1. The molecule has 17 heavy (non-hydrogen) atoms. The zero-order chi connectivity index (χ0) is 12.7. The Balaban J connectivity index is 1.94. The van der Waals surface area contributed by atoms with E-state index in [1.807, 2.05) is 0 Å². The van der Waals surface area contributed by atoms with Crippen molar-refractivity contribution < 1.29 is 0 Å². The Bertz CT molecular complexity index is 265. The zero-order valence-electron chi connectivity index (χ0n) is 12.3. The second kappa shape index (κ2) is 4.55. The van der Waals surface area contributed by atoms with Gasteiger partial charge < -0.3 is 5.32 Å². The molecular formula is C15H30N2. The van der Waals surface area contributed by atoms with E-state index in [0.29, 0.717) is 16.9 Å². The first-order valence-corrected chi connectivity index (χ1v) is 7.25. The van der Waals surface area contributed by atoms with E-state index in [9.17, 15) is 0 Å². The van der Waals surface area contributed by atoms with E-state index in [-0.39, 0.29) is 0 Å². The summed E-state index contributed by atoms with van der Waals surface area (Å²) < 4.78 is 0. The van der Waals surface area contributed by atoms with Crippen LogP contribution in [0.2, 0.25) is 0 Å². The summed E-state index contributed by atoms with van der Waals surface area (Å²) in [5.41, 5.74) is 0.958. The van der Waals surface area contributed by atoms with Crippen LogP contribution >= 0.6 is 0 Å². The molecule has 0 amide bonds. The molecule has 0 aromatic rings. The maximum atomic E-state index is 3.69. The number of hydrogen-bond acceptors (Lipinski definition) is 2. The molecule has 2 aliphatic rings. The van der Waals surface area contributed by atoms with Crippen LogP contribution in [0.5, 0.6) is 0 Å². The summed E-state index contributed by atoms with van der Waals surface area (Å²) in [5, 5.41) is 3.69. The van der Waals surface area contributed by atoms with Gasteiger partial charge in [-0.05, 0) is 30.1 Å². The monoisotopic (exact) mass is 238 g/mol. The van der Waals surface area contributed by atoms with Crippen LogP contribution in [0.4, 0.5) is 0 Å². The molecule has 2 atom stereocenters. The van der Waals surface area contributed by atoms with Crippen LogP contribution < -0.4 is 5.32 Å². The maximum absolute atomic E-state index is 3.69. The van der Waals surface area contributed by atoms with E-state index < -0.39 is 0 Å². The molecule has 0 aromatic heterocycles. The first-order chi connectivity index (χ1) is 7.78. The van der Waals surface area contributed by atoms with Crippen LogP contribution in [0.1, 0.15) is 53.9 Å². The molecule has 1 saturated heterocycles. The SMILES string of the molecule is CC1(C)CCC(N2CCNC(C(C)(C)C)C2)C1. The molecule has 0 radical (unpaired) electrons. The first-order valence-electron chi connectivity index (χ1n) is 7.25. The van der Waals surface area contributed by atoms with Crippen LogP contribution in [0.25, 0.3) is 0 Å². The lowest BCUT2D eigenvalue weighted by molar-refractivity contribution is 0.0953. The lowest BCUT2D eigenvalue weighted by Crippen LogP contribution is -2.57. The quantitative estimate of drug-likeness (QED) is 0.755. The number of nitrogens with one attached hydrogen (secondary N) is 1. The molecule has 1 heterocycles. The molecule has 0 bridgehead atoms. The van der Waals surface area contributed by atoms with Crippen LogP contribution in [0, 0.1) is 10.8 Å². The van der Waals surface area contributed by atoms with E-state index in [1.54, 1.807) is 0 Å². The number of rotatable bonds is 1. The summed E-state index contributed by atoms with van der Waals surface area (Å²) in [4.78, 5) is 2.75. The minimum atomic E-state index is 0.382. The Hall–Kier alpha value is -0.0800. The van der Waals surface area contributed by atoms with E-state index in [1.165, 1.54) is 38.9 Å². The van der Waals surface area contributed by atoms with Crippen molar-refractivity contribution in [1.29, 1.82) is 0 Å². The summed E-state index contributed by atoms with van der Waals surface area (Å²) in [6.07, 6.45) is 4.20. The van der Waals surface area contributed by atoms with Crippen LogP contribution in [0.3, 0.4) is 0 Å². The molecule has 2 rings (SSSR count). The summed E-state index contributed by atoms with van der Waals surface area (Å²) >= 11 is 0. The molecule has 1 aliphatic carbocycles. The van der Waals surface area contributed by atoms with Gasteiger partial charge in [0.1, 0.15) is 0 Å². The van der Waals surface area contributed by atoms with Gasteiger partial charge in [0.15, 0.2) is 0 Å². The standard InChI is InChI=1S/C15H30N2/c1-14(2,3)13-11-17(9-8-16-13)12-6-7-15(4,5)10-12/h12-13,16H,6-11H2,1-5H3. The molecular weight excluding hydrogens is 208 g/mol. The van der Waals surface area contributed by atoms with Gasteiger partial charge in [-0.2, -0.15) is 0 Å². The molecule has 0 spiro atoms. The van der Waals surface area contributed by atoms with E-state index in [0.717, 1.165) is 6.04 Å². The molecule has 2 nitrogen and oxygen atoms in total. The Morgan fingerprint density at radius 3 is 2.47 bits per heavy atom. The van der Waals surface area contributed by atoms with Gasteiger partial charge in [0.05, 0.1) is 0 Å². The minimum Gasteiger partial charge on any atom is -0.311 e. The van der Waals surface area contributed by atoms with Crippen molar-refractivity contribution in [3.63, 3.8) is 0 Å². The van der Waals surface area contributed by atoms with Crippen LogP contribution in [-0.4, -0.2) is 36.6 Å². The van der Waals surface area contributed by atoms with E-state index in [4.69, 9.17) is 0 Å². The van der Waals surface area contributed by atoms with Crippen molar-refractivity contribution in [1.82, 2.24) is 10.2 Å². The Kier molecular flexibility index (Phi) is 3.57. The lowest BCUT2D eigenvalue weighted by atomic mass is 9.85. The van der Waals surface area contributed by atoms with Crippen LogP contribution in [0.15, 0.2) is 0 Å². The maximum Gasteiger partial charge on any atom is 0.0244 e. The van der Waals surface area contributed by atoms with Crippen molar-refractivity contribution >= 4 is 0 Å². The number of hydrogen-bond donors (Lipinski definition) is 1. The Morgan fingerprint density at radius 2 is 1.94 bits per heavy atom. The molecule has 2 unspecified atom stereocenters. The van der Waals surface area contributed by atoms with E-state index >= 15 is 0 Å². The van der Waals surface area contributed by atoms with Gasteiger partial charge in [-0.3, -0.25) is 4.90 Å². The van der Waals surface area contributed by atoms with Crippen molar-refractivity contribution in [3.8, 4) is 0 Å². The molecule has 2 fully saturated rings. The van der Waals surface area contributed by atoms with Crippen molar-refractivity contribution in [2.24, 2.45) is 10.8 Å². The molecule has 1 N–H and O–H groups in total. The largest absolute Gasteiger partial charge is 0.311 e. The Morgan fingerprint density at radius 1 is 1.24 bits per heavy atom. The molecule has 2 heteroatoms. The topological polar surface area (TPSA) is 15.3 Å². The average molecular weight is 238 g/mol. The van der Waals surface area contributed by atoms with Crippen molar-refractivity contribution in [2.45, 2.75) is 66.0 Å². The molecule has 100 valence electrons. The van der Waals surface area contributed by atoms with E-state index in [2.05, 4.69) is 44.8 Å². The predicted molar refractivity (Wildman–Crippen MR) is 74.2 cm³/mol. The minimum absolute atomic E-state index is 0.382. The first kappa shape index (κ1) is 13.4. The fourth-order valence-corrected chi connectivity index (χ4v) is 3.40. The average Bonchev–Trinajstić information content (AvgIpc) is 2.58. The van der Waals surface area contributed by atoms with Gasteiger partial charge >= 0.3 is 0 Å². The third-order valence-corrected chi connectivity index (χ3v) is 4.71. The van der Waals surface area contributed by atoms with Gasteiger partial charge in [0, 0.05) is 31.7 Å². The van der Waals surface area contributed by atoms with Gasteiger partial charge in [-0.25, -0.2) is 0 Å². The normalized spacial score (nSPS) is 35.1. The fourth-order valence-electron chi connectivity index (χ4n) is 3.40. The molecule has 1 aliphatic heterocycles. The predicted octanol–water partition coefficient (Wildman–Crippen LogP) is 2.89. The number of piperazine rings is 1. The molecule has 0 aromatic carbocycles. The zero-order valence-corrected chi connectivity index (χ0v) is 12.3. The highest BCUT2D eigenvalue weighted by Gasteiger charge is 2.37. The van der Waals surface area contributed by atoms with Gasteiger partial charge in [0.2, 0.25) is 0 Å². The summed E-state index contributed by atoms with van der Waals surface area (Å²) in [7, 11) is 0. The smallest absolute Gasteiger partial charge is 0.0244 e.